The summed E-state index contributed by atoms with van der Waals surface area (Å²) in [6.07, 6.45) is 0. The number of fused-ring (bicyclic) bond motifs is 1. The lowest BCUT2D eigenvalue weighted by Gasteiger charge is -1.88. The van der Waals surface area contributed by atoms with Gasteiger partial charge in [-0.25, -0.2) is 4.39 Å². The van der Waals surface area contributed by atoms with Crippen LogP contribution in [-0.2, 0) is 0 Å². The number of nitrogen functional groups attached to an aromatic ring is 1. The molecule has 1 aromatic carbocycles. The van der Waals surface area contributed by atoms with Crippen molar-refractivity contribution in [1.82, 2.24) is 0 Å². The van der Waals surface area contributed by atoms with Gasteiger partial charge in [-0.1, -0.05) is 6.07 Å². The van der Waals surface area contributed by atoms with Gasteiger partial charge in [-0.2, -0.15) is 0 Å². The monoisotopic (exact) mass is 338 g/mol. The van der Waals surface area contributed by atoms with Gasteiger partial charge in [-0.3, -0.25) is 5.41 Å². The SMILES string of the molecule is Cl.N=C(N)c1cc2c(F)cccc2s1.O.O.O.O.O.O. The Labute approximate surface area is 123 Å². The van der Waals surface area contributed by atoms with Gasteiger partial charge in [0, 0.05) is 10.1 Å². The first-order chi connectivity index (χ1) is 6.18. The van der Waals surface area contributed by atoms with E-state index < -0.39 is 0 Å². The van der Waals surface area contributed by atoms with E-state index in [1.807, 2.05) is 6.07 Å². The predicted molar refractivity (Wildman–Crippen MR) is 81.7 cm³/mol. The fourth-order valence-electron chi connectivity index (χ4n) is 1.16. The quantitative estimate of drug-likeness (QED) is 0.426. The number of benzene rings is 1. The zero-order valence-corrected chi connectivity index (χ0v) is 11.7. The molecule has 0 saturated carbocycles. The minimum Gasteiger partial charge on any atom is -0.412 e. The fraction of sp³-hybridized carbons (Fsp3) is 0. The lowest BCUT2D eigenvalue weighted by molar-refractivity contribution is 0.640. The summed E-state index contributed by atoms with van der Waals surface area (Å²) in [5.74, 6) is -0.276. The number of rotatable bonds is 1. The zero-order chi connectivity index (χ0) is 9.42. The average molecular weight is 339 g/mol. The van der Waals surface area contributed by atoms with E-state index in [4.69, 9.17) is 11.1 Å². The van der Waals surface area contributed by atoms with Crippen molar-refractivity contribution in [3.05, 3.63) is 35.0 Å². The Bertz CT molecular complexity index is 498. The predicted octanol–water partition coefficient (Wildman–Crippen LogP) is -2.20. The van der Waals surface area contributed by atoms with Crippen molar-refractivity contribution in [3.63, 3.8) is 0 Å². The summed E-state index contributed by atoms with van der Waals surface area (Å²) in [7, 11) is 0. The van der Waals surface area contributed by atoms with E-state index in [0.717, 1.165) is 4.70 Å². The smallest absolute Gasteiger partial charge is 0.133 e. The van der Waals surface area contributed by atoms with Crippen LogP contribution >= 0.6 is 23.7 Å². The van der Waals surface area contributed by atoms with Gasteiger partial charge in [0.2, 0.25) is 0 Å². The molecule has 20 heavy (non-hydrogen) atoms. The van der Waals surface area contributed by atoms with Crippen LogP contribution in [0.2, 0.25) is 0 Å². The molecule has 0 amide bonds. The highest BCUT2D eigenvalue weighted by Gasteiger charge is 2.06. The highest BCUT2D eigenvalue weighted by molar-refractivity contribution is 7.20. The van der Waals surface area contributed by atoms with Gasteiger partial charge in [-0.15, -0.1) is 23.7 Å². The lowest BCUT2D eigenvalue weighted by atomic mass is 10.2. The topological polar surface area (TPSA) is 239 Å². The molecule has 0 spiro atoms. The third kappa shape index (κ3) is 6.70. The number of amidine groups is 1. The van der Waals surface area contributed by atoms with Gasteiger partial charge in [0.05, 0.1) is 4.88 Å². The molecule has 15 N–H and O–H groups in total. The summed E-state index contributed by atoms with van der Waals surface area (Å²) in [5, 5.41) is 7.74. The minimum atomic E-state index is -0.263. The van der Waals surface area contributed by atoms with Crippen LogP contribution in [0, 0.1) is 11.2 Å². The van der Waals surface area contributed by atoms with Crippen LogP contribution in [0.3, 0.4) is 0 Å². The van der Waals surface area contributed by atoms with Crippen LogP contribution in [0.1, 0.15) is 4.88 Å². The Morgan fingerprint density at radius 1 is 1.05 bits per heavy atom. The van der Waals surface area contributed by atoms with E-state index >= 15 is 0 Å². The van der Waals surface area contributed by atoms with Crippen molar-refractivity contribution >= 4 is 39.7 Å². The zero-order valence-electron chi connectivity index (χ0n) is 10.1. The van der Waals surface area contributed by atoms with Gasteiger partial charge in [-0.05, 0) is 18.2 Å². The standard InChI is InChI=1S/C9H7FN2S.ClH.6H2O/c10-6-2-1-3-7-5(6)4-8(13-7)9(11)12;;;;;;;/h1-4H,(H3,11,12);1H;6*1H2. The van der Waals surface area contributed by atoms with Crippen molar-refractivity contribution in [3.8, 4) is 0 Å². The Kier molecular flexibility index (Phi) is 25.5. The third-order valence-corrected chi connectivity index (χ3v) is 2.91. The first kappa shape index (κ1) is 36.3. The van der Waals surface area contributed by atoms with Crippen LogP contribution in [0.15, 0.2) is 24.3 Å². The maximum atomic E-state index is 13.2. The van der Waals surface area contributed by atoms with Crippen LogP contribution in [0.5, 0.6) is 0 Å². The van der Waals surface area contributed by atoms with Gasteiger partial charge in [0.25, 0.3) is 0 Å². The molecule has 0 atom stereocenters. The molecule has 0 unspecified atom stereocenters. The molecule has 0 saturated heterocycles. The molecule has 2 rings (SSSR count). The molecule has 0 aliphatic carbocycles. The Morgan fingerprint density at radius 3 is 1.95 bits per heavy atom. The average Bonchev–Trinajstić information content (AvgIpc) is 2.49. The molecule has 1 aromatic heterocycles. The van der Waals surface area contributed by atoms with E-state index in [1.165, 1.54) is 17.4 Å². The van der Waals surface area contributed by atoms with Gasteiger partial charge in [0.15, 0.2) is 0 Å². The van der Waals surface area contributed by atoms with E-state index in [2.05, 4.69) is 0 Å². The van der Waals surface area contributed by atoms with Crippen molar-refractivity contribution in [2.75, 3.05) is 0 Å². The second-order valence-electron chi connectivity index (χ2n) is 2.68. The fourth-order valence-corrected chi connectivity index (χ4v) is 2.09. The van der Waals surface area contributed by atoms with Crippen molar-refractivity contribution in [1.29, 1.82) is 5.41 Å². The summed E-state index contributed by atoms with van der Waals surface area (Å²) < 4.78 is 14.0. The van der Waals surface area contributed by atoms with E-state index in [9.17, 15) is 4.39 Å². The molecule has 1 heterocycles. The molecule has 0 aliphatic heterocycles. The first-order valence-electron chi connectivity index (χ1n) is 3.71. The van der Waals surface area contributed by atoms with Crippen LogP contribution in [-0.4, -0.2) is 38.7 Å². The maximum Gasteiger partial charge on any atom is 0.133 e. The molecule has 8 nitrogen and oxygen atoms in total. The number of nitrogens with two attached hydrogens (primary N) is 1. The highest BCUT2D eigenvalue weighted by Crippen LogP contribution is 2.26. The van der Waals surface area contributed by atoms with Crippen molar-refractivity contribution in [2.45, 2.75) is 0 Å². The maximum absolute atomic E-state index is 13.2. The summed E-state index contributed by atoms with van der Waals surface area (Å²) in [6.45, 7) is 0. The van der Waals surface area contributed by atoms with Crippen LogP contribution in [0.25, 0.3) is 10.1 Å². The molecule has 122 valence electrons. The molecule has 0 bridgehead atoms. The summed E-state index contributed by atoms with van der Waals surface area (Å²) in [6, 6.07) is 6.48. The normalized spacial score (nSPS) is 6.85. The van der Waals surface area contributed by atoms with Crippen LogP contribution in [0.4, 0.5) is 4.39 Å². The number of hydrogen-bond donors (Lipinski definition) is 2. The second-order valence-corrected chi connectivity index (χ2v) is 3.76. The molecule has 2 aromatic rings. The number of halogens is 2. The second kappa shape index (κ2) is 14.0. The van der Waals surface area contributed by atoms with Crippen molar-refractivity contribution in [2.24, 2.45) is 5.73 Å². The van der Waals surface area contributed by atoms with E-state index in [0.29, 0.717) is 10.3 Å². The third-order valence-electron chi connectivity index (χ3n) is 1.77. The molecule has 0 radical (unpaired) electrons. The first-order valence-corrected chi connectivity index (χ1v) is 4.52. The molecular weight excluding hydrogens is 319 g/mol. The molecule has 0 aliphatic rings. The van der Waals surface area contributed by atoms with Gasteiger partial charge < -0.3 is 38.6 Å². The summed E-state index contributed by atoms with van der Waals surface area (Å²) in [4.78, 5) is 0.611. The van der Waals surface area contributed by atoms with Crippen LogP contribution < -0.4 is 5.73 Å². The van der Waals surface area contributed by atoms with Gasteiger partial charge in [0.1, 0.15) is 11.7 Å². The Hall–Kier alpha value is -1.37. The minimum absolute atomic E-state index is 0. The Balaban J connectivity index is -0.0000000700. The number of hydrogen-bond acceptors (Lipinski definition) is 2. The summed E-state index contributed by atoms with van der Waals surface area (Å²) >= 11 is 1.33. The molecule has 11 heteroatoms. The lowest BCUT2D eigenvalue weighted by Crippen LogP contribution is -2.08. The number of nitrogens with one attached hydrogen (secondary N) is 1. The molecular formula is C9H20ClFN2O6S. The highest BCUT2D eigenvalue weighted by atomic mass is 35.5. The largest absolute Gasteiger partial charge is 0.412 e. The number of thiophene rings is 1. The van der Waals surface area contributed by atoms with Gasteiger partial charge >= 0.3 is 0 Å². The summed E-state index contributed by atoms with van der Waals surface area (Å²) in [5.41, 5.74) is 5.30. The van der Waals surface area contributed by atoms with E-state index in [1.54, 1.807) is 12.1 Å². The van der Waals surface area contributed by atoms with E-state index in [-0.39, 0.29) is 56.9 Å². The van der Waals surface area contributed by atoms with Crippen molar-refractivity contribution < 1.29 is 37.2 Å². The Morgan fingerprint density at radius 2 is 1.55 bits per heavy atom. The molecule has 0 fully saturated rings.